The van der Waals surface area contributed by atoms with Crippen molar-refractivity contribution < 1.29 is 18.8 Å². The molecule has 7 heteroatoms. The number of rotatable bonds is 3. The lowest BCUT2D eigenvalue weighted by Gasteiger charge is -2.10. The molecule has 5 rings (SSSR count). The van der Waals surface area contributed by atoms with Crippen LogP contribution in [0.25, 0.3) is 22.4 Å². The van der Waals surface area contributed by atoms with Crippen LogP contribution in [-0.4, -0.2) is 34.7 Å². The maximum absolute atomic E-state index is 13.1. The van der Waals surface area contributed by atoms with Gasteiger partial charge >= 0.3 is 0 Å². The van der Waals surface area contributed by atoms with Gasteiger partial charge in [-0.1, -0.05) is 18.2 Å². The fourth-order valence-electron chi connectivity index (χ4n) is 3.55. The smallest absolute Gasteiger partial charge is 0.261 e. The van der Waals surface area contributed by atoms with E-state index in [-0.39, 0.29) is 23.3 Å². The van der Waals surface area contributed by atoms with Gasteiger partial charge in [0.2, 0.25) is 0 Å². The largest absolute Gasteiger partial charge is 0.463 e. The average Bonchev–Trinajstić information content (AvgIpc) is 3.37. The van der Waals surface area contributed by atoms with E-state index >= 15 is 0 Å². The number of carbonyl (C=O) groups is 3. The summed E-state index contributed by atoms with van der Waals surface area (Å²) in [6, 6.07) is 17.2. The van der Waals surface area contributed by atoms with Crippen LogP contribution in [-0.2, 0) is 0 Å². The summed E-state index contributed by atoms with van der Waals surface area (Å²) >= 11 is 0. The van der Waals surface area contributed by atoms with Crippen LogP contribution in [0.1, 0.15) is 31.1 Å². The molecule has 1 aliphatic rings. The molecule has 3 amide bonds. The summed E-state index contributed by atoms with van der Waals surface area (Å²) in [7, 11) is 1.43. The summed E-state index contributed by atoms with van der Waals surface area (Å²) in [6.45, 7) is 0. The van der Waals surface area contributed by atoms with Gasteiger partial charge in [0.15, 0.2) is 5.76 Å². The summed E-state index contributed by atoms with van der Waals surface area (Å²) in [6.07, 6.45) is 1.55. The molecule has 146 valence electrons. The van der Waals surface area contributed by atoms with Crippen LogP contribution in [0.2, 0.25) is 0 Å². The number of fused-ring (bicyclic) bond motifs is 2. The Bertz CT molecular complexity index is 1340. The third-order valence-electron chi connectivity index (χ3n) is 5.08. The van der Waals surface area contributed by atoms with E-state index in [4.69, 9.17) is 4.42 Å². The molecule has 3 heterocycles. The lowest BCUT2D eigenvalue weighted by Crippen LogP contribution is -2.24. The van der Waals surface area contributed by atoms with Crippen molar-refractivity contribution in [3.63, 3.8) is 0 Å². The lowest BCUT2D eigenvalue weighted by molar-refractivity contribution is 0.0692. The van der Waals surface area contributed by atoms with Gasteiger partial charge in [-0.25, -0.2) is 4.98 Å². The molecular weight excluding hydrogens is 382 g/mol. The first-order valence-electron chi connectivity index (χ1n) is 9.24. The predicted octanol–water partition coefficient (Wildman–Crippen LogP) is 3.97. The highest BCUT2D eigenvalue weighted by Crippen LogP contribution is 2.28. The van der Waals surface area contributed by atoms with Crippen molar-refractivity contribution in [2.24, 2.45) is 0 Å². The summed E-state index contributed by atoms with van der Waals surface area (Å²) in [5.41, 5.74) is 2.65. The molecule has 0 bridgehead atoms. The Balaban J connectivity index is 1.55. The Morgan fingerprint density at radius 3 is 2.57 bits per heavy atom. The minimum absolute atomic E-state index is 0.274. The number of hydrogen-bond donors (Lipinski definition) is 1. The Kier molecular flexibility index (Phi) is 3.96. The Labute approximate surface area is 170 Å². The number of carbonyl (C=O) groups excluding carboxylic acids is 3. The first kappa shape index (κ1) is 17.8. The monoisotopic (exact) mass is 397 g/mol. The molecule has 0 saturated heterocycles. The Hall–Kier alpha value is -4.26. The van der Waals surface area contributed by atoms with Gasteiger partial charge in [0.1, 0.15) is 5.69 Å². The molecule has 0 aliphatic carbocycles. The number of benzene rings is 2. The Morgan fingerprint density at radius 2 is 1.77 bits per heavy atom. The minimum Gasteiger partial charge on any atom is -0.463 e. The number of aromatic nitrogens is 1. The quantitative estimate of drug-likeness (QED) is 0.528. The molecular formula is C23H15N3O4. The first-order chi connectivity index (χ1) is 14.5. The van der Waals surface area contributed by atoms with E-state index in [0.29, 0.717) is 39.2 Å². The zero-order valence-electron chi connectivity index (χ0n) is 15.9. The van der Waals surface area contributed by atoms with E-state index in [2.05, 4.69) is 10.3 Å². The van der Waals surface area contributed by atoms with Crippen molar-refractivity contribution >= 4 is 34.3 Å². The maximum Gasteiger partial charge on any atom is 0.261 e. The third-order valence-corrected chi connectivity index (χ3v) is 5.08. The van der Waals surface area contributed by atoms with Crippen LogP contribution in [0, 0.1) is 0 Å². The van der Waals surface area contributed by atoms with Crippen LogP contribution in [0.15, 0.2) is 71.3 Å². The van der Waals surface area contributed by atoms with Crippen molar-refractivity contribution in [1.29, 1.82) is 0 Å². The molecule has 7 nitrogen and oxygen atoms in total. The lowest BCUT2D eigenvalue weighted by atomic mass is 10.1. The molecule has 0 radical (unpaired) electrons. The molecule has 0 atom stereocenters. The predicted molar refractivity (Wildman–Crippen MR) is 110 cm³/mol. The number of amides is 3. The van der Waals surface area contributed by atoms with E-state index < -0.39 is 0 Å². The molecule has 2 aromatic carbocycles. The van der Waals surface area contributed by atoms with Gasteiger partial charge in [-0.2, -0.15) is 0 Å². The zero-order chi connectivity index (χ0) is 20.8. The SMILES string of the molecule is CN1C(=O)c2ccc(NC(=O)c3cc(-c4ccco4)nc4ccccc34)cc2C1=O. The fourth-order valence-corrected chi connectivity index (χ4v) is 3.55. The van der Waals surface area contributed by atoms with Crippen LogP contribution < -0.4 is 5.32 Å². The number of imide groups is 1. The second kappa shape index (κ2) is 6.66. The number of nitrogens with one attached hydrogen (secondary N) is 1. The molecule has 0 fully saturated rings. The molecule has 1 N–H and O–H groups in total. The summed E-state index contributed by atoms with van der Waals surface area (Å²) in [4.78, 5) is 43.1. The average molecular weight is 397 g/mol. The first-order valence-corrected chi connectivity index (χ1v) is 9.24. The van der Waals surface area contributed by atoms with Gasteiger partial charge in [-0.3, -0.25) is 19.3 Å². The molecule has 1 aliphatic heterocycles. The summed E-state index contributed by atoms with van der Waals surface area (Å²) in [5, 5.41) is 3.52. The fraction of sp³-hybridized carbons (Fsp3) is 0.0435. The molecule has 0 unspecified atom stereocenters. The molecule has 0 spiro atoms. The van der Waals surface area contributed by atoms with Crippen LogP contribution >= 0.6 is 0 Å². The van der Waals surface area contributed by atoms with Gasteiger partial charge < -0.3 is 9.73 Å². The second-order valence-electron chi connectivity index (χ2n) is 6.93. The number of para-hydroxylation sites is 1. The number of hydrogen-bond acceptors (Lipinski definition) is 5. The topological polar surface area (TPSA) is 92.5 Å². The van der Waals surface area contributed by atoms with E-state index in [0.717, 1.165) is 4.90 Å². The molecule has 0 saturated carbocycles. The number of nitrogens with zero attached hydrogens (tertiary/aromatic N) is 2. The van der Waals surface area contributed by atoms with E-state index in [1.54, 1.807) is 36.6 Å². The maximum atomic E-state index is 13.1. The highest BCUT2D eigenvalue weighted by atomic mass is 16.3. The minimum atomic E-state index is -0.388. The number of anilines is 1. The van der Waals surface area contributed by atoms with Gasteiger partial charge in [0.05, 0.1) is 28.5 Å². The number of furan rings is 1. The highest BCUT2D eigenvalue weighted by molar-refractivity contribution is 6.22. The van der Waals surface area contributed by atoms with Crippen molar-refractivity contribution in [2.45, 2.75) is 0 Å². The van der Waals surface area contributed by atoms with Crippen molar-refractivity contribution in [3.8, 4) is 11.5 Å². The van der Waals surface area contributed by atoms with Gasteiger partial charge in [-0.15, -0.1) is 0 Å². The molecule has 2 aromatic heterocycles. The second-order valence-corrected chi connectivity index (χ2v) is 6.93. The van der Waals surface area contributed by atoms with E-state index in [1.165, 1.54) is 13.1 Å². The van der Waals surface area contributed by atoms with E-state index in [9.17, 15) is 14.4 Å². The Morgan fingerprint density at radius 1 is 0.967 bits per heavy atom. The van der Waals surface area contributed by atoms with E-state index in [1.807, 2.05) is 24.3 Å². The normalized spacial score (nSPS) is 13.0. The van der Waals surface area contributed by atoms with Gasteiger partial charge in [-0.05, 0) is 42.5 Å². The van der Waals surface area contributed by atoms with Crippen LogP contribution in [0.3, 0.4) is 0 Å². The molecule has 30 heavy (non-hydrogen) atoms. The van der Waals surface area contributed by atoms with Crippen molar-refractivity contribution in [3.05, 3.63) is 83.6 Å². The van der Waals surface area contributed by atoms with Crippen molar-refractivity contribution in [2.75, 3.05) is 12.4 Å². The van der Waals surface area contributed by atoms with Crippen LogP contribution in [0.5, 0.6) is 0 Å². The number of pyridine rings is 1. The standard InChI is InChI=1S/C23H15N3O4/c1-26-22(28)15-9-8-13(11-17(15)23(26)29)24-21(27)16-12-19(20-7-4-10-30-20)25-18-6-3-2-5-14(16)18/h2-12H,1H3,(H,24,27). The third kappa shape index (κ3) is 2.76. The summed E-state index contributed by atoms with van der Waals surface area (Å²) in [5.74, 6) is -0.539. The zero-order valence-corrected chi connectivity index (χ0v) is 15.9. The summed E-state index contributed by atoms with van der Waals surface area (Å²) < 4.78 is 5.44. The molecule has 4 aromatic rings. The highest BCUT2D eigenvalue weighted by Gasteiger charge is 2.32. The van der Waals surface area contributed by atoms with Crippen molar-refractivity contribution in [1.82, 2.24) is 9.88 Å². The van der Waals surface area contributed by atoms with Crippen LogP contribution in [0.4, 0.5) is 5.69 Å². The van der Waals surface area contributed by atoms with Gasteiger partial charge in [0, 0.05) is 18.1 Å². The van der Waals surface area contributed by atoms with Gasteiger partial charge in [0.25, 0.3) is 17.7 Å².